The van der Waals surface area contributed by atoms with Crippen molar-refractivity contribution < 1.29 is 9.53 Å². The molecule has 0 aliphatic heterocycles. The van der Waals surface area contributed by atoms with Gasteiger partial charge >= 0.3 is 0 Å². The largest absolute Gasteiger partial charge is 0.487 e. The highest BCUT2D eigenvalue weighted by atomic mass is 32.1. The second kappa shape index (κ2) is 8.41. The molecule has 0 bridgehead atoms. The Balaban J connectivity index is 1.34. The summed E-state index contributed by atoms with van der Waals surface area (Å²) in [5.41, 5.74) is 6.93. The highest BCUT2D eigenvalue weighted by molar-refractivity contribution is 7.15. The standard InChI is InChI=1S/C25H18N2O2S2/c1-29-25-9-6-21(31-25)14-27-19-3-8-24-17(12-19)10-16-11-18(2-7-23(16)24)26-13-20-4-5-22(15-28)30-20/h2-9,11-15H,10H2,1H3/b26-13+,27-14+. The van der Waals surface area contributed by atoms with E-state index in [-0.39, 0.29) is 0 Å². The first kappa shape index (κ1) is 19.6. The smallest absolute Gasteiger partial charge is 0.173 e. The summed E-state index contributed by atoms with van der Waals surface area (Å²) in [7, 11) is 1.67. The number of ether oxygens (including phenoxy) is 1. The fourth-order valence-corrected chi connectivity index (χ4v) is 5.03. The molecular formula is C25H18N2O2S2. The van der Waals surface area contributed by atoms with E-state index >= 15 is 0 Å². The van der Waals surface area contributed by atoms with Crippen molar-refractivity contribution in [2.75, 3.05) is 7.11 Å². The lowest BCUT2D eigenvalue weighted by atomic mass is 10.1. The molecule has 1 aliphatic carbocycles. The van der Waals surface area contributed by atoms with Crippen molar-refractivity contribution in [1.82, 2.24) is 0 Å². The molecule has 0 atom stereocenters. The van der Waals surface area contributed by atoms with Gasteiger partial charge in [0.1, 0.15) is 0 Å². The number of thiophene rings is 2. The Hall–Kier alpha value is -3.35. The molecule has 4 nitrogen and oxygen atoms in total. The number of nitrogens with zero attached hydrogens (tertiary/aromatic N) is 2. The van der Waals surface area contributed by atoms with E-state index < -0.39 is 0 Å². The third-order valence-corrected chi connectivity index (χ3v) is 7.02. The predicted molar refractivity (Wildman–Crippen MR) is 130 cm³/mol. The van der Waals surface area contributed by atoms with E-state index in [1.807, 2.05) is 42.8 Å². The van der Waals surface area contributed by atoms with Gasteiger partial charge in [-0.05, 0) is 77.2 Å². The summed E-state index contributed by atoms with van der Waals surface area (Å²) >= 11 is 3.01. The topological polar surface area (TPSA) is 51.0 Å². The van der Waals surface area contributed by atoms with E-state index in [2.05, 4.69) is 40.3 Å². The summed E-state index contributed by atoms with van der Waals surface area (Å²) in [5, 5.41) is 0.882. The van der Waals surface area contributed by atoms with E-state index in [4.69, 9.17) is 4.74 Å². The Labute approximate surface area is 188 Å². The van der Waals surface area contributed by atoms with Crippen molar-refractivity contribution in [3.63, 3.8) is 0 Å². The number of benzene rings is 2. The van der Waals surface area contributed by atoms with Gasteiger partial charge in [-0.2, -0.15) is 0 Å². The van der Waals surface area contributed by atoms with Crippen LogP contribution in [0.25, 0.3) is 11.1 Å². The van der Waals surface area contributed by atoms with Crippen molar-refractivity contribution in [2.24, 2.45) is 9.98 Å². The molecule has 1 aliphatic rings. The first-order chi connectivity index (χ1) is 15.2. The van der Waals surface area contributed by atoms with Crippen LogP contribution in [0.15, 0.2) is 70.6 Å². The summed E-state index contributed by atoms with van der Waals surface area (Å²) in [5.74, 6) is 0. The van der Waals surface area contributed by atoms with Crippen LogP contribution in [0.4, 0.5) is 11.4 Å². The Morgan fingerprint density at radius 1 is 0.774 bits per heavy atom. The quantitative estimate of drug-likeness (QED) is 0.217. The zero-order chi connectivity index (χ0) is 21.2. The number of carbonyl (C=O) groups is 1. The molecule has 0 spiro atoms. The van der Waals surface area contributed by atoms with Gasteiger partial charge in [-0.3, -0.25) is 14.8 Å². The van der Waals surface area contributed by atoms with Crippen LogP contribution in [0.1, 0.15) is 30.6 Å². The molecule has 4 aromatic rings. The third-order valence-electron chi connectivity index (χ3n) is 5.10. The zero-order valence-corrected chi connectivity index (χ0v) is 18.4. The minimum Gasteiger partial charge on any atom is -0.487 e. The van der Waals surface area contributed by atoms with Gasteiger partial charge < -0.3 is 4.74 Å². The summed E-state index contributed by atoms with van der Waals surface area (Å²) in [6.07, 6.45) is 5.43. The van der Waals surface area contributed by atoms with Crippen LogP contribution in [0, 0.1) is 0 Å². The predicted octanol–water partition coefficient (Wildman–Crippen LogP) is 6.70. The maximum atomic E-state index is 10.8. The third kappa shape index (κ3) is 4.13. The van der Waals surface area contributed by atoms with Gasteiger partial charge in [-0.15, -0.1) is 11.3 Å². The molecular weight excluding hydrogens is 424 g/mol. The number of fused-ring (bicyclic) bond motifs is 3. The SMILES string of the molecule is COc1ccc(/C=N/c2ccc3c(c2)Cc2cc(/N=C/c4ccc(C=O)s4)ccc2-3)s1. The van der Waals surface area contributed by atoms with Gasteiger partial charge in [0.2, 0.25) is 0 Å². The summed E-state index contributed by atoms with van der Waals surface area (Å²) in [6.45, 7) is 0. The Morgan fingerprint density at radius 2 is 1.35 bits per heavy atom. The van der Waals surface area contributed by atoms with Crippen LogP contribution in [-0.2, 0) is 6.42 Å². The number of hydrogen-bond acceptors (Lipinski definition) is 6. The van der Waals surface area contributed by atoms with Gasteiger partial charge in [-0.1, -0.05) is 23.5 Å². The lowest BCUT2D eigenvalue weighted by molar-refractivity contribution is 0.112. The minimum atomic E-state index is 0.711. The molecule has 2 aromatic carbocycles. The maximum Gasteiger partial charge on any atom is 0.173 e. The van der Waals surface area contributed by atoms with Crippen LogP contribution in [0.2, 0.25) is 0 Å². The first-order valence-corrected chi connectivity index (χ1v) is 11.4. The second-order valence-corrected chi connectivity index (χ2v) is 9.32. The van der Waals surface area contributed by atoms with Crippen molar-refractivity contribution in [3.05, 3.63) is 86.4 Å². The van der Waals surface area contributed by atoms with E-state index in [1.165, 1.54) is 33.6 Å². The van der Waals surface area contributed by atoms with Crippen LogP contribution < -0.4 is 4.74 Å². The molecule has 2 aromatic heterocycles. The normalized spacial score (nSPS) is 12.4. The molecule has 0 saturated carbocycles. The molecule has 0 radical (unpaired) electrons. The fourth-order valence-electron chi connectivity index (χ4n) is 3.63. The van der Waals surface area contributed by atoms with Gasteiger partial charge in [0, 0.05) is 22.2 Å². The number of hydrogen-bond donors (Lipinski definition) is 0. The van der Waals surface area contributed by atoms with Crippen LogP contribution in [0.5, 0.6) is 5.06 Å². The fraction of sp³-hybridized carbons (Fsp3) is 0.0800. The van der Waals surface area contributed by atoms with Gasteiger partial charge in [0.15, 0.2) is 11.3 Å². The van der Waals surface area contributed by atoms with E-state index in [0.717, 1.165) is 38.9 Å². The number of aliphatic imine (C=N–C) groups is 2. The lowest BCUT2D eigenvalue weighted by Gasteiger charge is -2.02. The molecule has 6 heteroatoms. The second-order valence-electron chi connectivity index (χ2n) is 7.09. The summed E-state index contributed by atoms with van der Waals surface area (Å²) < 4.78 is 5.24. The lowest BCUT2D eigenvalue weighted by Crippen LogP contribution is -1.80. The minimum absolute atomic E-state index is 0.711. The molecule has 0 N–H and O–H groups in total. The Bertz CT molecular complexity index is 1330. The molecule has 0 amide bonds. The molecule has 31 heavy (non-hydrogen) atoms. The van der Waals surface area contributed by atoms with Crippen LogP contribution >= 0.6 is 22.7 Å². The summed E-state index contributed by atoms with van der Waals surface area (Å²) in [6, 6.07) is 20.4. The average molecular weight is 443 g/mol. The van der Waals surface area contributed by atoms with E-state index in [1.54, 1.807) is 18.4 Å². The van der Waals surface area contributed by atoms with E-state index in [0.29, 0.717) is 4.88 Å². The summed E-state index contributed by atoms with van der Waals surface area (Å²) in [4.78, 5) is 22.8. The molecule has 0 unspecified atom stereocenters. The molecule has 2 heterocycles. The van der Waals surface area contributed by atoms with Crippen molar-refractivity contribution in [1.29, 1.82) is 0 Å². The van der Waals surface area contributed by atoms with Crippen molar-refractivity contribution in [3.8, 4) is 16.2 Å². The van der Waals surface area contributed by atoms with Crippen molar-refractivity contribution in [2.45, 2.75) is 6.42 Å². The Morgan fingerprint density at radius 3 is 1.90 bits per heavy atom. The number of carbonyl (C=O) groups excluding carboxylic acids is 1. The van der Waals surface area contributed by atoms with Gasteiger partial charge in [0.05, 0.1) is 23.4 Å². The number of methoxy groups -OCH3 is 1. The molecule has 152 valence electrons. The van der Waals surface area contributed by atoms with Crippen LogP contribution in [-0.4, -0.2) is 25.8 Å². The monoisotopic (exact) mass is 442 g/mol. The van der Waals surface area contributed by atoms with Gasteiger partial charge in [-0.25, -0.2) is 0 Å². The zero-order valence-electron chi connectivity index (χ0n) is 16.7. The molecule has 0 fully saturated rings. The highest BCUT2D eigenvalue weighted by Crippen LogP contribution is 2.40. The Kier molecular flexibility index (Phi) is 5.32. The van der Waals surface area contributed by atoms with Crippen molar-refractivity contribution >= 4 is 52.8 Å². The molecule has 0 saturated heterocycles. The number of rotatable bonds is 6. The number of aldehydes is 1. The first-order valence-electron chi connectivity index (χ1n) is 9.75. The van der Waals surface area contributed by atoms with E-state index in [9.17, 15) is 4.79 Å². The maximum absolute atomic E-state index is 10.8. The molecule has 5 rings (SSSR count). The van der Waals surface area contributed by atoms with Crippen LogP contribution in [0.3, 0.4) is 0 Å². The highest BCUT2D eigenvalue weighted by Gasteiger charge is 2.18. The van der Waals surface area contributed by atoms with Gasteiger partial charge in [0.25, 0.3) is 0 Å². The average Bonchev–Trinajstić information content (AvgIpc) is 3.53.